The molecule has 1 aromatic carbocycles. The van der Waals surface area contributed by atoms with Crippen molar-refractivity contribution in [2.45, 2.75) is 38.5 Å². The SMILES string of the molecule is O=c1c2c3c(sc2nc(NCCCN2CCOCC2)n1-c1cccc(Cl)c1)CCCCC3. The molecule has 3 aromatic rings. The second kappa shape index (κ2) is 9.91. The highest BCUT2D eigenvalue weighted by atomic mass is 35.5. The van der Waals surface area contributed by atoms with Gasteiger partial charge in [0.25, 0.3) is 5.56 Å². The quantitative estimate of drug-likeness (QED) is 0.422. The van der Waals surface area contributed by atoms with E-state index >= 15 is 0 Å². The van der Waals surface area contributed by atoms with E-state index in [1.54, 1.807) is 15.9 Å². The van der Waals surface area contributed by atoms with E-state index in [0.29, 0.717) is 11.0 Å². The summed E-state index contributed by atoms with van der Waals surface area (Å²) >= 11 is 7.97. The molecule has 5 rings (SSSR count). The Bertz CT molecular complexity index is 1150. The Labute approximate surface area is 197 Å². The lowest BCUT2D eigenvalue weighted by Gasteiger charge is -2.26. The molecular formula is C24H29ClN4O2S. The fourth-order valence-corrected chi connectivity index (χ4v) is 6.12. The highest BCUT2D eigenvalue weighted by molar-refractivity contribution is 7.18. The first-order chi connectivity index (χ1) is 15.7. The van der Waals surface area contributed by atoms with E-state index < -0.39 is 0 Å². The zero-order valence-corrected chi connectivity index (χ0v) is 19.8. The molecule has 170 valence electrons. The van der Waals surface area contributed by atoms with Crippen LogP contribution in [0, 0.1) is 0 Å². The highest BCUT2D eigenvalue weighted by Crippen LogP contribution is 2.34. The van der Waals surface area contributed by atoms with Gasteiger partial charge in [0, 0.05) is 29.5 Å². The molecule has 0 unspecified atom stereocenters. The molecule has 0 amide bonds. The number of aromatic nitrogens is 2. The number of ether oxygens (including phenoxy) is 1. The van der Waals surface area contributed by atoms with E-state index in [2.05, 4.69) is 10.2 Å². The molecule has 6 nitrogen and oxygen atoms in total. The zero-order valence-electron chi connectivity index (χ0n) is 18.2. The number of benzene rings is 1. The second-order valence-corrected chi connectivity index (χ2v) is 10.1. The molecule has 1 aliphatic carbocycles. The summed E-state index contributed by atoms with van der Waals surface area (Å²) in [6.45, 7) is 5.34. The first-order valence-electron chi connectivity index (χ1n) is 11.6. The predicted molar refractivity (Wildman–Crippen MR) is 132 cm³/mol. The number of hydrogen-bond donors (Lipinski definition) is 1. The van der Waals surface area contributed by atoms with Gasteiger partial charge in [-0.15, -0.1) is 11.3 Å². The van der Waals surface area contributed by atoms with Crippen molar-refractivity contribution >= 4 is 39.1 Å². The number of nitrogens with one attached hydrogen (secondary N) is 1. The van der Waals surface area contributed by atoms with E-state index in [1.165, 1.54) is 23.3 Å². The van der Waals surface area contributed by atoms with Crippen LogP contribution in [0.1, 0.15) is 36.1 Å². The molecule has 1 N–H and O–H groups in total. The number of hydrogen-bond acceptors (Lipinski definition) is 6. The number of nitrogens with zero attached hydrogens (tertiary/aromatic N) is 3. The van der Waals surface area contributed by atoms with E-state index in [4.69, 9.17) is 21.3 Å². The van der Waals surface area contributed by atoms with E-state index in [1.807, 2.05) is 24.3 Å². The summed E-state index contributed by atoms with van der Waals surface area (Å²) < 4.78 is 7.14. The van der Waals surface area contributed by atoms with Crippen molar-refractivity contribution in [3.8, 4) is 5.69 Å². The molecule has 1 saturated heterocycles. The van der Waals surface area contributed by atoms with Gasteiger partial charge in [0.15, 0.2) is 0 Å². The van der Waals surface area contributed by atoms with Gasteiger partial charge in [-0.25, -0.2) is 9.55 Å². The van der Waals surface area contributed by atoms with Gasteiger partial charge in [-0.2, -0.15) is 0 Å². The van der Waals surface area contributed by atoms with Gasteiger partial charge >= 0.3 is 0 Å². The number of rotatable bonds is 6. The molecule has 0 saturated carbocycles. The Kier molecular flexibility index (Phi) is 6.78. The Morgan fingerprint density at radius 3 is 2.84 bits per heavy atom. The van der Waals surface area contributed by atoms with Crippen LogP contribution in [-0.2, 0) is 17.6 Å². The minimum atomic E-state index is 0.00680. The molecule has 0 atom stereocenters. The highest BCUT2D eigenvalue weighted by Gasteiger charge is 2.22. The third kappa shape index (κ3) is 4.57. The van der Waals surface area contributed by atoms with Crippen LogP contribution in [0.15, 0.2) is 29.1 Å². The van der Waals surface area contributed by atoms with Crippen molar-refractivity contribution in [2.75, 3.05) is 44.7 Å². The molecular weight excluding hydrogens is 444 g/mol. The standard InChI is InChI=1S/C24H29ClN4O2S/c25-17-6-4-7-18(16-17)29-23(30)21-19-8-2-1-3-9-20(19)32-22(21)27-24(29)26-10-5-11-28-12-14-31-15-13-28/h4,6-7,16H,1-3,5,8-15H2,(H,26,27). The normalized spacial score (nSPS) is 17.3. The number of thiophene rings is 1. The molecule has 0 radical (unpaired) electrons. The van der Waals surface area contributed by atoms with Gasteiger partial charge in [-0.3, -0.25) is 9.69 Å². The lowest BCUT2D eigenvalue weighted by Crippen LogP contribution is -2.37. The number of aryl methyl sites for hydroxylation is 2. The smallest absolute Gasteiger partial charge is 0.268 e. The van der Waals surface area contributed by atoms with Gasteiger partial charge in [0.1, 0.15) is 4.83 Å². The monoisotopic (exact) mass is 472 g/mol. The molecule has 3 heterocycles. The molecule has 8 heteroatoms. The van der Waals surface area contributed by atoms with Crippen LogP contribution >= 0.6 is 22.9 Å². The lowest BCUT2D eigenvalue weighted by molar-refractivity contribution is 0.0378. The number of anilines is 1. The van der Waals surface area contributed by atoms with Gasteiger partial charge in [0.2, 0.25) is 5.95 Å². The lowest BCUT2D eigenvalue weighted by atomic mass is 10.1. The molecule has 1 aliphatic heterocycles. The second-order valence-electron chi connectivity index (χ2n) is 8.53. The maximum Gasteiger partial charge on any atom is 0.268 e. The Balaban J connectivity index is 1.48. The molecule has 0 bridgehead atoms. The van der Waals surface area contributed by atoms with Gasteiger partial charge in [-0.1, -0.05) is 24.1 Å². The third-order valence-electron chi connectivity index (χ3n) is 6.34. The summed E-state index contributed by atoms with van der Waals surface area (Å²) in [4.78, 5) is 23.4. The summed E-state index contributed by atoms with van der Waals surface area (Å²) in [5.74, 6) is 0.600. The minimum absolute atomic E-state index is 0.00680. The summed E-state index contributed by atoms with van der Waals surface area (Å²) in [5.41, 5.74) is 1.98. The van der Waals surface area contributed by atoms with Crippen LogP contribution < -0.4 is 10.9 Å². The molecule has 1 fully saturated rings. The average molecular weight is 473 g/mol. The van der Waals surface area contributed by atoms with Crippen LogP contribution in [0.25, 0.3) is 15.9 Å². The van der Waals surface area contributed by atoms with Crippen molar-refractivity contribution in [3.05, 3.63) is 50.1 Å². The fourth-order valence-electron chi connectivity index (χ4n) is 4.68. The zero-order chi connectivity index (χ0) is 21.9. The number of halogens is 1. The largest absolute Gasteiger partial charge is 0.379 e. The van der Waals surface area contributed by atoms with Crippen LogP contribution in [0.3, 0.4) is 0 Å². The first-order valence-corrected chi connectivity index (χ1v) is 12.8. The number of fused-ring (bicyclic) bond motifs is 3. The topological polar surface area (TPSA) is 59.4 Å². The third-order valence-corrected chi connectivity index (χ3v) is 7.76. The molecule has 2 aliphatic rings. The molecule has 32 heavy (non-hydrogen) atoms. The Morgan fingerprint density at radius 2 is 2.00 bits per heavy atom. The summed E-state index contributed by atoms with van der Waals surface area (Å²) in [5, 5.41) is 4.86. The van der Waals surface area contributed by atoms with E-state index in [-0.39, 0.29) is 5.56 Å². The van der Waals surface area contributed by atoms with E-state index in [9.17, 15) is 4.79 Å². The molecule has 0 spiro atoms. The maximum atomic E-state index is 13.8. The van der Waals surface area contributed by atoms with Gasteiger partial charge < -0.3 is 10.1 Å². The van der Waals surface area contributed by atoms with Crippen LogP contribution in [0.4, 0.5) is 5.95 Å². The summed E-state index contributed by atoms with van der Waals surface area (Å²) in [6, 6.07) is 7.46. The van der Waals surface area contributed by atoms with Crippen LogP contribution in [0.5, 0.6) is 0 Å². The number of morpholine rings is 1. The van der Waals surface area contributed by atoms with E-state index in [0.717, 1.165) is 81.0 Å². The predicted octanol–water partition coefficient (Wildman–Crippen LogP) is 4.50. The van der Waals surface area contributed by atoms with Crippen molar-refractivity contribution < 1.29 is 4.74 Å². The van der Waals surface area contributed by atoms with Crippen molar-refractivity contribution in [1.29, 1.82) is 0 Å². The summed E-state index contributed by atoms with van der Waals surface area (Å²) in [6.07, 6.45) is 6.54. The average Bonchev–Trinajstić information content (AvgIpc) is 2.99. The van der Waals surface area contributed by atoms with Crippen molar-refractivity contribution in [1.82, 2.24) is 14.5 Å². The van der Waals surface area contributed by atoms with Crippen molar-refractivity contribution in [3.63, 3.8) is 0 Å². The van der Waals surface area contributed by atoms with Crippen LogP contribution in [0.2, 0.25) is 5.02 Å². The minimum Gasteiger partial charge on any atom is -0.379 e. The maximum absolute atomic E-state index is 13.8. The van der Waals surface area contributed by atoms with Crippen LogP contribution in [-0.4, -0.2) is 53.8 Å². The Morgan fingerprint density at radius 1 is 1.16 bits per heavy atom. The molecule has 2 aromatic heterocycles. The fraction of sp³-hybridized carbons (Fsp3) is 0.500. The van der Waals surface area contributed by atoms with Gasteiger partial charge in [-0.05, 0) is 62.4 Å². The first kappa shape index (κ1) is 21.9. The Hall–Kier alpha value is -1.93. The summed E-state index contributed by atoms with van der Waals surface area (Å²) in [7, 11) is 0. The van der Waals surface area contributed by atoms with Crippen molar-refractivity contribution in [2.24, 2.45) is 0 Å². The van der Waals surface area contributed by atoms with Gasteiger partial charge in [0.05, 0.1) is 24.3 Å².